The average molecular weight is 324 g/mol. The summed E-state index contributed by atoms with van der Waals surface area (Å²) in [5, 5.41) is 4.82. The lowest BCUT2D eigenvalue weighted by atomic mass is 10.1. The third-order valence-electron chi connectivity index (χ3n) is 3.26. The standard InChI is InChI=1S/C17H19Cl2NO/c1-3-20-12(2)16-10-15(19)8-9-17(16)21-11-13-4-6-14(18)7-5-13/h4-10,12,20H,3,11H2,1-2H3. The largest absolute Gasteiger partial charge is 0.489 e. The summed E-state index contributed by atoms with van der Waals surface area (Å²) >= 11 is 12.0. The minimum atomic E-state index is 0.189. The normalized spacial score (nSPS) is 12.2. The summed E-state index contributed by atoms with van der Waals surface area (Å²) in [5.41, 5.74) is 2.15. The predicted molar refractivity (Wildman–Crippen MR) is 89.3 cm³/mol. The molecule has 2 rings (SSSR count). The van der Waals surface area contributed by atoms with Crippen LogP contribution in [0.3, 0.4) is 0 Å². The van der Waals surface area contributed by atoms with Gasteiger partial charge in [0.25, 0.3) is 0 Å². The Morgan fingerprint density at radius 1 is 1.05 bits per heavy atom. The van der Waals surface area contributed by atoms with Crippen molar-refractivity contribution < 1.29 is 4.74 Å². The smallest absolute Gasteiger partial charge is 0.124 e. The number of hydrogen-bond acceptors (Lipinski definition) is 2. The van der Waals surface area contributed by atoms with Gasteiger partial charge in [0.15, 0.2) is 0 Å². The molecule has 2 nitrogen and oxygen atoms in total. The van der Waals surface area contributed by atoms with E-state index in [-0.39, 0.29) is 6.04 Å². The molecule has 0 saturated heterocycles. The van der Waals surface area contributed by atoms with Gasteiger partial charge in [-0.3, -0.25) is 0 Å². The molecule has 0 amide bonds. The lowest BCUT2D eigenvalue weighted by Crippen LogP contribution is -2.18. The maximum Gasteiger partial charge on any atom is 0.124 e. The van der Waals surface area contributed by atoms with Crippen LogP contribution in [-0.2, 0) is 6.61 Å². The maximum atomic E-state index is 6.10. The SMILES string of the molecule is CCNC(C)c1cc(Cl)ccc1OCc1ccc(Cl)cc1. The van der Waals surface area contributed by atoms with E-state index in [4.69, 9.17) is 27.9 Å². The van der Waals surface area contributed by atoms with Gasteiger partial charge in [0.1, 0.15) is 12.4 Å². The lowest BCUT2D eigenvalue weighted by Gasteiger charge is -2.18. The monoisotopic (exact) mass is 323 g/mol. The van der Waals surface area contributed by atoms with E-state index in [9.17, 15) is 0 Å². The molecule has 0 radical (unpaired) electrons. The van der Waals surface area contributed by atoms with Gasteiger partial charge in [0.2, 0.25) is 0 Å². The number of halogens is 2. The first-order valence-electron chi connectivity index (χ1n) is 7.00. The zero-order valence-electron chi connectivity index (χ0n) is 12.2. The third-order valence-corrected chi connectivity index (χ3v) is 3.74. The van der Waals surface area contributed by atoms with Crippen LogP contribution in [0.5, 0.6) is 5.75 Å². The van der Waals surface area contributed by atoms with Crippen LogP contribution in [0.15, 0.2) is 42.5 Å². The molecular weight excluding hydrogens is 305 g/mol. The van der Waals surface area contributed by atoms with Crippen molar-refractivity contribution in [2.24, 2.45) is 0 Å². The van der Waals surface area contributed by atoms with E-state index in [0.29, 0.717) is 11.6 Å². The molecule has 112 valence electrons. The van der Waals surface area contributed by atoms with Crippen LogP contribution in [0.4, 0.5) is 0 Å². The van der Waals surface area contributed by atoms with Crippen molar-refractivity contribution >= 4 is 23.2 Å². The zero-order chi connectivity index (χ0) is 15.2. The molecule has 0 heterocycles. The molecular formula is C17H19Cl2NO. The van der Waals surface area contributed by atoms with Crippen LogP contribution in [0.25, 0.3) is 0 Å². The van der Waals surface area contributed by atoms with Crippen LogP contribution in [0.1, 0.15) is 31.0 Å². The molecule has 0 spiro atoms. The van der Waals surface area contributed by atoms with Gasteiger partial charge in [-0.2, -0.15) is 0 Å². The van der Waals surface area contributed by atoms with Crippen molar-refractivity contribution in [3.63, 3.8) is 0 Å². The van der Waals surface area contributed by atoms with Gasteiger partial charge in [-0.25, -0.2) is 0 Å². The van der Waals surface area contributed by atoms with E-state index in [2.05, 4.69) is 19.2 Å². The van der Waals surface area contributed by atoms with Crippen molar-refractivity contribution in [3.8, 4) is 5.75 Å². The summed E-state index contributed by atoms with van der Waals surface area (Å²) in [5.74, 6) is 0.850. The Labute approximate surface area is 136 Å². The average Bonchev–Trinajstić information content (AvgIpc) is 2.48. The molecule has 0 aliphatic rings. The van der Waals surface area contributed by atoms with Gasteiger partial charge in [-0.1, -0.05) is 42.3 Å². The molecule has 0 fully saturated rings. The van der Waals surface area contributed by atoms with Crippen LogP contribution in [-0.4, -0.2) is 6.54 Å². The molecule has 0 aliphatic heterocycles. The fourth-order valence-electron chi connectivity index (χ4n) is 2.15. The molecule has 4 heteroatoms. The number of benzene rings is 2. The Bertz CT molecular complexity index is 584. The number of ether oxygens (including phenoxy) is 1. The Hall–Kier alpha value is -1.22. The van der Waals surface area contributed by atoms with Crippen molar-refractivity contribution in [3.05, 3.63) is 63.6 Å². The Morgan fingerprint density at radius 3 is 2.38 bits per heavy atom. The highest BCUT2D eigenvalue weighted by atomic mass is 35.5. The van der Waals surface area contributed by atoms with Gasteiger partial charge >= 0.3 is 0 Å². The van der Waals surface area contributed by atoms with E-state index in [0.717, 1.165) is 28.4 Å². The van der Waals surface area contributed by atoms with E-state index >= 15 is 0 Å². The molecule has 1 atom stereocenters. The Kier molecular flexibility index (Phi) is 5.92. The molecule has 2 aromatic rings. The fraction of sp³-hybridized carbons (Fsp3) is 0.294. The molecule has 2 aromatic carbocycles. The lowest BCUT2D eigenvalue weighted by molar-refractivity contribution is 0.300. The molecule has 0 aromatic heterocycles. The van der Waals surface area contributed by atoms with Gasteiger partial charge in [0.05, 0.1) is 0 Å². The van der Waals surface area contributed by atoms with Gasteiger partial charge in [-0.15, -0.1) is 0 Å². The fourth-order valence-corrected chi connectivity index (χ4v) is 2.45. The molecule has 21 heavy (non-hydrogen) atoms. The maximum absolute atomic E-state index is 6.10. The highest BCUT2D eigenvalue weighted by molar-refractivity contribution is 6.30. The molecule has 1 unspecified atom stereocenters. The van der Waals surface area contributed by atoms with Crippen molar-refractivity contribution in [1.82, 2.24) is 5.32 Å². The Balaban J connectivity index is 2.13. The minimum absolute atomic E-state index is 0.189. The van der Waals surface area contributed by atoms with Crippen molar-refractivity contribution in [1.29, 1.82) is 0 Å². The third kappa shape index (κ3) is 4.63. The highest BCUT2D eigenvalue weighted by Crippen LogP contribution is 2.29. The summed E-state index contributed by atoms with van der Waals surface area (Å²) in [6, 6.07) is 13.6. The first-order valence-corrected chi connectivity index (χ1v) is 7.76. The Morgan fingerprint density at radius 2 is 1.71 bits per heavy atom. The molecule has 1 N–H and O–H groups in total. The minimum Gasteiger partial charge on any atom is -0.489 e. The quantitative estimate of drug-likeness (QED) is 0.784. The van der Waals surface area contributed by atoms with Crippen molar-refractivity contribution in [2.45, 2.75) is 26.5 Å². The summed E-state index contributed by atoms with van der Waals surface area (Å²) in [7, 11) is 0. The summed E-state index contributed by atoms with van der Waals surface area (Å²) < 4.78 is 5.94. The highest BCUT2D eigenvalue weighted by Gasteiger charge is 2.11. The van der Waals surface area contributed by atoms with E-state index in [1.165, 1.54) is 0 Å². The second kappa shape index (κ2) is 7.69. The predicted octanol–water partition coefficient (Wildman–Crippen LogP) is 5.24. The van der Waals surface area contributed by atoms with Gasteiger partial charge in [-0.05, 0) is 49.4 Å². The summed E-state index contributed by atoms with van der Waals surface area (Å²) in [4.78, 5) is 0. The van der Waals surface area contributed by atoms with Crippen molar-refractivity contribution in [2.75, 3.05) is 6.54 Å². The van der Waals surface area contributed by atoms with Crippen LogP contribution < -0.4 is 10.1 Å². The van der Waals surface area contributed by atoms with E-state index in [1.807, 2.05) is 42.5 Å². The molecule has 0 aliphatic carbocycles. The molecule has 0 saturated carbocycles. The van der Waals surface area contributed by atoms with Gasteiger partial charge in [0, 0.05) is 21.7 Å². The van der Waals surface area contributed by atoms with Crippen LogP contribution >= 0.6 is 23.2 Å². The number of nitrogens with one attached hydrogen (secondary N) is 1. The zero-order valence-corrected chi connectivity index (χ0v) is 13.7. The number of rotatable bonds is 6. The first-order chi connectivity index (χ1) is 10.1. The second-order valence-electron chi connectivity index (χ2n) is 4.88. The number of hydrogen-bond donors (Lipinski definition) is 1. The van der Waals surface area contributed by atoms with Crippen LogP contribution in [0.2, 0.25) is 10.0 Å². The summed E-state index contributed by atoms with van der Waals surface area (Å²) in [6.45, 7) is 5.58. The first kappa shape index (κ1) is 16.2. The topological polar surface area (TPSA) is 21.3 Å². The van der Waals surface area contributed by atoms with Crippen LogP contribution in [0, 0.1) is 0 Å². The van der Waals surface area contributed by atoms with E-state index < -0.39 is 0 Å². The summed E-state index contributed by atoms with van der Waals surface area (Å²) in [6.07, 6.45) is 0. The molecule has 0 bridgehead atoms. The second-order valence-corrected chi connectivity index (χ2v) is 5.75. The van der Waals surface area contributed by atoms with Gasteiger partial charge < -0.3 is 10.1 Å². The van der Waals surface area contributed by atoms with E-state index in [1.54, 1.807) is 0 Å².